The molecule has 0 saturated carbocycles. The van der Waals surface area contributed by atoms with Crippen LogP contribution in [0.3, 0.4) is 0 Å². The highest BCUT2D eigenvalue weighted by molar-refractivity contribution is 7.47. The van der Waals surface area contributed by atoms with Crippen molar-refractivity contribution in [3.05, 3.63) is 0 Å². The van der Waals surface area contributed by atoms with Gasteiger partial charge in [-0.25, -0.2) is 9.13 Å². The topological polar surface area (TPSA) is 237 Å². The molecule has 0 amide bonds. The molecule has 0 fully saturated rings. The minimum absolute atomic E-state index is 0.106. The third kappa shape index (κ3) is 71.5. The van der Waals surface area contributed by atoms with Crippen molar-refractivity contribution in [1.82, 2.24) is 0 Å². The van der Waals surface area contributed by atoms with Gasteiger partial charge in [-0.1, -0.05) is 357 Å². The van der Waals surface area contributed by atoms with Gasteiger partial charge in [-0.2, -0.15) is 0 Å². The summed E-state index contributed by atoms with van der Waals surface area (Å²) in [6, 6.07) is 0. The number of carbonyl (C=O) groups excluding carboxylic acids is 4. The van der Waals surface area contributed by atoms with Gasteiger partial charge >= 0.3 is 39.5 Å². The Labute approximate surface area is 607 Å². The van der Waals surface area contributed by atoms with Crippen molar-refractivity contribution >= 4 is 39.5 Å². The van der Waals surface area contributed by atoms with Crippen molar-refractivity contribution in [2.45, 2.75) is 427 Å². The Kier molecular flexibility index (Phi) is 67.8. The summed E-state index contributed by atoms with van der Waals surface area (Å²) < 4.78 is 68.7. The molecule has 0 spiro atoms. The van der Waals surface area contributed by atoms with Gasteiger partial charge in [0.25, 0.3) is 0 Å². The number of phosphoric ester groups is 2. The van der Waals surface area contributed by atoms with Crippen LogP contribution in [0.2, 0.25) is 0 Å². The molecule has 0 saturated heterocycles. The highest BCUT2D eigenvalue weighted by atomic mass is 31.2. The van der Waals surface area contributed by atoms with Gasteiger partial charge in [0.05, 0.1) is 26.4 Å². The van der Waals surface area contributed by atoms with E-state index in [1.807, 2.05) is 0 Å². The molecule has 0 radical (unpaired) electrons. The van der Waals surface area contributed by atoms with Crippen molar-refractivity contribution in [3.63, 3.8) is 0 Å². The van der Waals surface area contributed by atoms with E-state index in [4.69, 9.17) is 37.0 Å². The Morgan fingerprint density at radius 3 is 0.717 bits per heavy atom. The molecule has 19 heteroatoms. The molecule has 0 heterocycles. The van der Waals surface area contributed by atoms with E-state index in [0.29, 0.717) is 25.7 Å². The normalized spacial score (nSPS) is 14.6. The number of hydrogen-bond acceptors (Lipinski definition) is 15. The van der Waals surface area contributed by atoms with E-state index in [-0.39, 0.29) is 25.7 Å². The molecule has 588 valence electrons. The second kappa shape index (κ2) is 69.1. The number of aliphatic hydroxyl groups excluding tert-OH is 1. The van der Waals surface area contributed by atoms with E-state index in [9.17, 15) is 43.2 Å². The molecular formula is C80H156O17P2. The van der Waals surface area contributed by atoms with E-state index in [0.717, 1.165) is 114 Å². The summed E-state index contributed by atoms with van der Waals surface area (Å²) in [5, 5.41) is 10.6. The summed E-state index contributed by atoms with van der Waals surface area (Å²) in [6.45, 7) is 14.3. The van der Waals surface area contributed by atoms with Gasteiger partial charge in [0, 0.05) is 25.7 Å². The zero-order valence-corrected chi connectivity index (χ0v) is 66.9. The molecule has 0 bridgehead atoms. The number of carbonyl (C=O) groups is 4. The molecule has 0 aliphatic heterocycles. The Morgan fingerprint density at radius 1 is 0.283 bits per heavy atom. The first-order chi connectivity index (χ1) is 47.7. The molecule has 4 unspecified atom stereocenters. The maximum atomic E-state index is 13.1. The van der Waals surface area contributed by atoms with E-state index in [1.54, 1.807) is 0 Å². The SMILES string of the molecule is CCC(C)CCCCCCCCCCCCC(=O)O[C@H](COC(=O)CCCCCCCCCCC(C)CC)COP(=O)(O)OC[C@H](O)COP(=O)(O)OC[C@@H](COC(=O)CCCCCCCCCCCCCCCC(C)C)OC(=O)CCCCCCCCCCCCCCCCC(C)C. The molecule has 17 nitrogen and oxygen atoms in total. The number of hydrogen-bond donors (Lipinski definition) is 3. The Bertz CT molecular complexity index is 1940. The fraction of sp³-hybridized carbons (Fsp3) is 0.950. The highest BCUT2D eigenvalue weighted by Gasteiger charge is 2.30. The molecule has 0 aliphatic carbocycles. The quantitative estimate of drug-likeness (QED) is 0.0222. The van der Waals surface area contributed by atoms with Crippen LogP contribution in [-0.4, -0.2) is 96.7 Å². The van der Waals surface area contributed by atoms with Crippen LogP contribution in [0.15, 0.2) is 0 Å². The van der Waals surface area contributed by atoms with Crippen molar-refractivity contribution < 1.29 is 80.2 Å². The van der Waals surface area contributed by atoms with E-state index >= 15 is 0 Å². The molecule has 0 aliphatic rings. The monoisotopic (exact) mass is 1450 g/mol. The smallest absolute Gasteiger partial charge is 0.462 e. The maximum absolute atomic E-state index is 13.1. The van der Waals surface area contributed by atoms with Crippen LogP contribution >= 0.6 is 15.6 Å². The molecule has 7 atom stereocenters. The zero-order valence-electron chi connectivity index (χ0n) is 65.1. The van der Waals surface area contributed by atoms with Crippen LogP contribution in [0.5, 0.6) is 0 Å². The molecule has 0 aromatic rings. The predicted octanol–water partition coefficient (Wildman–Crippen LogP) is 23.6. The van der Waals surface area contributed by atoms with E-state index in [1.165, 1.54) is 212 Å². The van der Waals surface area contributed by atoms with Gasteiger partial charge in [0.1, 0.15) is 19.3 Å². The summed E-state index contributed by atoms with van der Waals surface area (Å²) >= 11 is 0. The summed E-state index contributed by atoms with van der Waals surface area (Å²) in [5.74, 6) is 1.05. The van der Waals surface area contributed by atoms with Gasteiger partial charge in [-0.3, -0.25) is 37.3 Å². The van der Waals surface area contributed by atoms with E-state index in [2.05, 4.69) is 55.4 Å². The molecule has 3 N–H and O–H groups in total. The van der Waals surface area contributed by atoms with Crippen LogP contribution < -0.4 is 0 Å². The van der Waals surface area contributed by atoms with Crippen molar-refractivity contribution in [2.75, 3.05) is 39.6 Å². The van der Waals surface area contributed by atoms with Crippen LogP contribution in [0.25, 0.3) is 0 Å². The van der Waals surface area contributed by atoms with Crippen LogP contribution in [-0.2, 0) is 65.4 Å². The first-order valence-corrected chi connectivity index (χ1v) is 44.3. The fourth-order valence-corrected chi connectivity index (χ4v) is 13.8. The summed E-state index contributed by atoms with van der Waals surface area (Å²) in [6.07, 6.45) is 55.3. The molecular weight excluding hydrogens is 1290 g/mol. The average Bonchev–Trinajstić information content (AvgIpc) is 0.975. The molecule has 0 aromatic carbocycles. The van der Waals surface area contributed by atoms with Gasteiger partial charge in [0.15, 0.2) is 12.2 Å². The van der Waals surface area contributed by atoms with Gasteiger partial charge in [0.2, 0.25) is 0 Å². The van der Waals surface area contributed by atoms with Crippen molar-refractivity contribution in [2.24, 2.45) is 23.7 Å². The lowest BCUT2D eigenvalue weighted by Crippen LogP contribution is -2.30. The van der Waals surface area contributed by atoms with Crippen molar-refractivity contribution in [3.8, 4) is 0 Å². The standard InChI is InChI=1S/C80H156O17P2/c1-9-72(7)58-50-42-34-26-22-23-29-39-47-55-63-80(85)97-76(67-91-78(83)61-53-45-37-31-30-35-43-51-59-73(8)10-2)69-95-99(88,89)93-65-74(81)64-92-98(86,87)94-68-75(66-90-77(82)60-52-44-36-27-20-17-13-15-19-25-33-41-49-57-71(5)6)96-79(84)62-54-46-38-28-21-16-12-11-14-18-24-32-40-48-56-70(3)4/h70-76,81H,9-69H2,1-8H3,(H,86,87)(H,88,89)/t72?,73?,74-,75-,76-/m1/s1. The second-order valence-electron chi connectivity index (χ2n) is 30.2. The first-order valence-electron chi connectivity index (χ1n) is 41.3. The lowest BCUT2D eigenvalue weighted by atomic mass is 9.99. The molecule has 0 rings (SSSR count). The predicted molar refractivity (Wildman–Crippen MR) is 404 cm³/mol. The molecule has 99 heavy (non-hydrogen) atoms. The van der Waals surface area contributed by atoms with Gasteiger partial charge < -0.3 is 33.8 Å². The lowest BCUT2D eigenvalue weighted by Gasteiger charge is -2.21. The summed E-state index contributed by atoms with van der Waals surface area (Å²) in [4.78, 5) is 73.0. The number of phosphoric acid groups is 2. The number of unbranched alkanes of at least 4 members (excludes halogenated alkanes) is 41. The zero-order chi connectivity index (χ0) is 73.1. The number of rotatable bonds is 77. The Morgan fingerprint density at radius 2 is 0.485 bits per heavy atom. The van der Waals surface area contributed by atoms with Crippen LogP contribution in [0.4, 0.5) is 0 Å². The molecule has 0 aromatic heterocycles. The minimum atomic E-state index is -4.96. The Balaban J connectivity index is 5.28. The fourth-order valence-electron chi connectivity index (χ4n) is 12.2. The number of ether oxygens (including phenoxy) is 4. The summed E-state index contributed by atoms with van der Waals surface area (Å²) in [5.41, 5.74) is 0. The third-order valence-electron chi connectivity index (χ3n) is 19.3. The van der Waals surface area contributed by atoms with Gasteiger partial charge in [-0.15, -0.1) is 0 Å². The number of esters is 4. The Hall–Kier alpha value is -1.94. The van der Waals surface area contributed by atoms with Crippen molar-refractivity contribution in [1.29, 1.82) is 0 Å². The van der Waals surface area contributed by atoms with E-state index < -0.39 is 97.5 Å². The largest absolute Gasteiger partial charge is 0.472 e. The first kappa shape index (κ1) is 97.1. The lowest BCUT2D eigenvalue weighted by molar-refractivity contribution is -0.161. The third-order valence-corrected chi connectivity index (χ3v) is 21.2. The van der Waals surface area contributed by atoms with Crippen LogP contribution in [0.1, 0.15) is 409 Å². The number of aliphatic hydroxyl groups is 1. The highest BCUT2D eigenvalue weighted by Crippen LogP contribution is 2.45. The average molecular weight is 1450 g/mol. The maximum Gasteiger partial charge on any atom is 0.472 e. The summed E-state index contributed by atoms with van der Waals surface area (Å²) in [7, 11) is -9.92. The van der Waals surface area contributed by atoms with Crippen LogP contribution in [0, 0.1) is 23.7 Å². The van der Waals surface area contributed by atoms with Gasteiger partial charge in [-0.05, 0) is 49.4 Å². The minimum Gasteiger partial charge on any atom is -0.462 e. The second-order valence-corrected chi connectivity index (χ2v) is 33.1.